The van der Waals surface area contributed by atoms with E-state index in [1.54, 1.807) is 4.90 Å². The van der Waals surface area contributed by atoms with Gasteiger partial charge in [-0.3, -0.25) is 9.59 Å². The van der Waals surface area contributed by atoms with Gasteiger partial charge in [0.25, 0.3) is 5.91 Å². The average molecular weight is 399 g/mol. The number of nitrogens with one attached hydrogen (secondary N) is 1. The van der Waals surface area contributed by atoms with E-state index < -0.39 is 0 Å². The van der Waals surface area contributed by atoms with E-state index in [0.717, 1.165) is 35.2 Å². The number of hydrogen-bond acceptors (Lipinski definition) is 2. The molecule has 30 heavy (non-hydrogen) atoms. The quantitative estimate of drug-likeness (QED) is 0.629. The summed E-state index contributed by atoms with van der Waals surface area (Å²) in [6, 6.07) is 25.6. The summed E-state index contributed by atoms with van der Waals surface area (Å²) in [5, 5.41) is 3.03. The summed E-state index contributed by atoms with van der Waals surface area (Å²) in [7, 11) is 0. The number of aryl methyl sites for hydroxylation is 1. The number of anilines is 1. The van der Waals surface area contributed by atoms with E-state index in [4.69, 9.17) is 0 Å². The molecule has 4 rings (SSSR count). The molecule has 1 saturated carbocycles. The second kappa shape index (κ2) is 8.95. The number of benzene rings is 3. The Hall–Kier alpha value is -3.40. The molecule has 0 unspecified atom stereocenters. The smallest absolute Gasteiger partial charge is 0.258 e. The van der Waals surface area contributed by atoms with Crippen molar-refractivity contribution < 1.29 is 9.59 Å². The minimum atomic E-state index is -0.0570. The number of nitrogens with zero attached hydrogens (tertiary/aromatic N) is 1. The number of carbonyl (C=O) groups is 2. The first-order valence-electron chi connectivity index (χ1n) is 10.4. The van der Waals surface area contributed by atoms with Crippen LogP contribution in [0, 0.1) is 6.92 Å². The van der Waals surface area contributed by atoms with Gasteiger partial charge in [0.1, 0.15) is 0 Å². The molecule has 0 spiro atoms. The van der Waals surface area contributed by atoms with Gasteiger partial charge >= 0.3 is 0 Å². The minimum Gasteiger partial charge on any atom is -0.353 e. The van der Waals surface area contributed by atoms with E-state index in [1.807, 2.05) is 85.8 Å². The van der Waals surface area contributed by atoms with Crippen LogP contribution < -0.4 is 10.2 Å². The number of rotatable bonds is 7. The van der Waals surface area contributed by atoms with Crippen LogP contribution in [-0.4, -0.2) is 17.9 Å². The lowest BCUT2D eigenvalue weighted by atomic mass is 10.1. The Morgan fingerprint density at radius 3 is 2.30 bits per heavy atom. The average Bonchev–Trinajstić information content (AvgIpc) is 3.57. The summed E-state index contributed by atoms with van der Waals surface area (Å²) in [6.45, 7) is 2.47. The molecule has 1 fully saturated rings. The monoisotopic (exact) mass is 398 g/mol. The summed E-state index contributed by atoms with van der Waals surface area (Å²) >= 11 is 0. The van der Waals surface area contributed by atoms with Crippen molar-refractivity contribution in [2.45, 2.75) is 38.8 Å². The van der Waals surface area contributed by atoms with Gasteiger partial charge in [-0.15, -0.1) is 0 Å². The zero-order valence-electron chi connectivity index (χ0n) is 17.2. The largest absolute Gasteiger partial charge is 0.353 e. The fourth-order valence-corrected chi connectivity index (χ4v) is 3.42. The third-order valence-corrected chi connectivity index (χ3v) is 5.26. The van der Waals surface area contributed by atoms with Crippen molar-refractivity contribution in [2.75, 3.05) is 4.90 Å². The molecule has 0 atom stereocenters. The summed E-state index contributed by atoms with van der Waals surface area (Å²) < 4.78 is 0. The first-order valence-corrected chi connectivity index (χ1v) is 10.4. The zero-order valence-corrected chi connectivity index (χ0v) is 17.2. The predicted molar refractivity (Wildman–Crippen MR) is 119 cm³/mol. The van der Waals surface area contributed by atoms with Gasteiger partial charge in [0.15, 0.2) is 0 Å². The number of hydrogen-bond donors (Lipinski definition) is 1. The van der Waals surface area contributed by atoms with Crippen LogP contribution in [0.5, 0.6) is 0 Å². The van der Waals surface area contributed by atoms with Gasteiger partial charge in [-0.2, -0.15) is 0 Å². The molecule has 1 aliphatic rings. The van der Waals surface area contributed by atoms with E-state index in [9.17, 15) is 9.59 Å². The van der Waals surface area contributed by atoms with Crippen molar-refractivity contribution in [3.63, 3.8) is 0 Å². The van der Waals surface area contributed by atoms with Crippen LogP contribution >= 0.6 is 0 Å². The Morgan fingerprint density at radius 2 is 1.60 bits per heavy atom. The van der Waals surface area contributed by atoms with E-state index >= 15 is 0 Å². The predicted octanol–water partition coefficient (Wildman–Crippen LogP) is 4.66. The maximum atomic E-state index is 13.4. The normalized spacial score (nSPS) is 13.0. The van der Waals surface area contributed by atoms with E-state index in [0.29, 0.717) is 24.6 Å². The van der Waals surface area contributed by atoms with Crippen LogP contribution in [0.15, 0.2) is 78.9 Å². The van der Waals surface area contributed by atoms with Gasteiger partial charge in [-0.25, -0.2) is 0 Å². The summed E-state index contributed by atoms with van der Waals surface area (Å²) in [4.78, 5) is 27.4. The molecule has 0 bridgehead atoms. The number of carbonyl (C=O) groups excluding carboxylic acids is 2. The highest BCUT2D eigenvalue weighted by molar-refractivity contribution is 6.06. The zero-order chi connectivity index (χ0) is 20.9. The van der Waals surface area contributed by atoms with Crippen LogP contribution in [0.25, 0.3) is 0 Å². The van der Waals surface area contributed by atoms with Crippen LogP contribution in [-0.2, 0) is 17.8 Å². The molecule has 3 aromatic rings. The fourth-order valence-electron chi connectivity index (χ4n) is 3.42. The van der Waals surface area contributed by atoms with Crippen molar-refractivity contribution in [1.29, 1.82) is 0 Å². The van der Waals surface area contributed by atoms with Crippen molar-refractivity contribution >= 4 is 17.5 Å². The fraction of sp³-hybridized carbons (Fsp3) is 0.231. The Balaban J connectivity index is 1.61. The van der Waals surface area contributed by atoms with Gasteiger partial charge < -0.3 is 10.2 Å². The maximum Gasteiger partial charge on any atom is 0.258 e. The maximum absolute atomic E-state index is 13.4. The lowest BCUT2D eigenvalue weighted by molar-refractivity contribution is -0.120. The molecule has 1 N–H and O–H groups in total. The molecule has 2 amide bonds. The molecule has 0 heterocycles. The molecule has 0 aliphatic heterocycles. The third kappa shape index (κ3) is 5.15. The van der Waals surface area contributed by atoms with Crippen LogP contribution in [0.2, 0.25) is 0 Å². The summed E-state index contributed by atoms with van der Waals surface area (Å²) in [5.74, 6) is -0.0208. The Morgan fingerprint density at radius 1 is 0.900 bits per heavy atom. The van der Waals surface area contributed by atoms with E-state index in [2.05, 4.69) is 5.32 Å². The molecule has 0 radical (unpaired) electrons. The van der Waals surface area contributed by atoms with E-state index in [-0.39, 0.29) is 11.8 Å². The molecule has 4 nitrogen and oxygen atoms in total. The van der Waals surface area contributed by atoms with Gasteiger partial charge in [0, 0.05) is 17.3 Å². The summed E-state index contributed by atoms with van der Waals surface area (Å²) in [6.07, 6.45) is 2.46. The molecule has 4 heteroatoms. The Kier molecular flexibility index (Phi) is 5.94. The van der Waals surface area contributed by atoms with Crippen LogP contribution in [0.4, 0.5) is 5.69 Å². The standard InChI is InChI=1S/C26H26N2O2/c1-19-10-12-22(13-11-19)26(30)28(18-20-6-3-2-4-7-20)24-9-5-8-21(16-24)17-25(29)27-23-14-15-23/h2-13,16,23H,14-15,17-18H2,1H3,(H,27,29). The lowest BCUT2D eigenvalue weighted by Gasteiger charge is -2.24. The van der Waals surface area contributed by atoms with Gasteiger partial charge in [0.05, 0.1) is 13.0 Å². The molecule has 0 saturated heterocycles. The lowest BCUT2D eigenvalue weighted by Crippen LogP contribution is -2.31. The topological polar surface area (TPSA) is 49.4 Å². The molecular formula is C26H26N2O2. The first kappa shape index (κ1) is 19.9. The highest BCUT2D eigenvalue weighted by Gasteiger charge is 2.23. The van der Waals surface area contributed by atoms with E-state index in [1.165, 1.54) is 0 Å². The third-order valence-electron chi connectivity index (χ3n) is 5.26. The first-order chi connectivity index (χ1) is 14.6. The van der Waals surface area contributed by atoms with Crippen molar-refractivity contribution in [1.82, 2.24) is 5.32 Å². The molecule has 1 aliphatic carbocycles. The second-order valence-corrected chi connectivity index (χ2v) is 7.93. The SMILES string of the molecule is Cc1ccc(C(=O)N(Cc2ccccc2)c2cccc(CC(=O)NC3CC3)c2)cc1. The molecule has 152 valence electrons. The van der Waals surface area contributed by atoms with Gasteiger partial charge in [-0.1, -0.05) is 60.2 Å². The summed E-state index contributed by atoms with van der Waals surface area (Å²) in [5.41, 5.74) is 4.51. The number of amides is 2. The second-order valence-electron chi connectivity index (χ2n) is 7.93. The molecule has 0 aromatic heterocycles. The van der Waals surface area contributed by atoms with Crippen molar-refractivity contribution in [3.05, 3.63) is 101 Å². The molecular weight excluding hydrogens is 372 g/mol. The van der Waals surface area contributed by atoms with Crippen molar-refractivity contribution in [2.24, 2.45) is 0 Å². The highest BCUT2D eigenvalue weighted by atomic mass is 16.2. The van der Waals surface area contributed by atoms with Crippen LogP contribution in [0.1, 0.15) is 39.9 Å². The van der Waals surface area contributed by atoms with Crippen molar-refractivity contribution in [3.8, 4) is 0 Å². The highest BCUT2D eigenvalue weighted by Crippen LogP contribution is 2.23. The Bertz CT molecular complexity index is 1020. The molecule has 3 aromatic carbocycles. The van der Waals surface area contributed by atoms with Gasteiger partial charge in [-0.05, 0) is 55.2 Å². The van der Waals surface area contributed by atoms with Gasteiger partial charge in [0.2, 0.25) is 5.91 Å². The van der Waals surface area contributed by atoms with Crippen LogP contribution in [0.3, 0.4) is 0 Å². The minimum absolute atomic E-state index is 0.0362. The Labute approximate surface area is 177 Å².